The Kier molecular flexibility index (Phi) is 5.79. The Balaban J connectivity index is 1.78. The molecule has 8 heteroatoms. The Hall–Kier alpha value is -2.09. The highest BCUT2D eigenvalue weighted by Crippen LogP contribution is 2.51. The quantitative estimate of drug-likeness (QED) is 0.675. The number of carbonyl (C=O) groups is 3. The van der Waals surface area contributed by atoms with Crippen molar-refractivity contribution in [2.75, 3.05) is 13.7 Å². The summed E-state index contributed by atoms with van der Waals surface area (Å²) in [6, 6.07) is -0.362. The van der Waals surface area contributed by atoms with Crippen LogP contribution in [-0.2, 0) is 28.6 Å². The molecule has 0 saturated carbocycles. The summed E-state index contributed by atoms with van der Waals surface area (Å²) in [5.74, 6) is -2.20. The molecule has 4 heterocycles. The van der Waals surface area contributed by atoms with Gasteiger partial charge in [-0.2, -0.15) is 0 Å². The van der Waals surface area contributed by atoms with E-state index in [4.69, 9.17) is 14.2 Å². The largest absolute Gasteiger partial charge is 0.501 e. The highest BCUT2D eigenvalue weighted by molar-refractivity contribution is 5.94. The SMILES string of the molecule is CC[C@H]1C(OC)=CCCCN2C(=O)[C@]3(C[C@@H]2[C@H]2C[C@@H](C)C(=O)O2)OC(=O)[C@H](C)[C@@H]3[C@@H]1O. The van der Waals surface area contributed by atoms with Gasteiger partial charge in [0.15, 0.2) is 5.60 Å². The number of fused-ring (bicyclic) bond motifs is 1. The highest BCUT2D eigenvalue weighted by Gasteiger charge is 2.68. The molecule has 3 saturated heterocycles. The lowest BCUT2D eigenvalue weighted by Gasteiger charge is -2.35. The van der Waals surface area contributed by atoms with Gasteiger partial charge in [-0.1, -0.05) is 20.8 Å². The van der Waals surface area contributed by atoms with E-state index in [1.165, 1.54) is 0 Å². The number of nitrogens with zero attached hydrogens (tertiary/aromatic N) is 1. The maximum atomic E-state index is 13.8. The predicted octanol–water partition coefficient (Wildman–Crippen LogP) is 1.80. The first kappa shape index (κ1) is 22.1. The van der Waals surface area contributed by atoms with Gasteiger partial charge in [0.1, 0.15) is 6.10 Å². The van der Waals surface area contributed by atoms with Crippen LogP contribution in [-0.4, -0.2) is 65.4 Å². The molecule has 4 aliphatic heterocycles. The number of hydrogen-bond donors (Lipinski definition) is 1. The molecule has 0 aromatic heterocycles. The number of carbonyl (C=O) groups excluding carboxylic acids is 3. The number of esters is 2. The van der Waals surface area contributed by atoms with Crippen LogP contribution in [0.5, 0.6) is 0 Å². The van der Waals surface area contributed by atoms with Gasteiger partial charge >= 0.3 is 11.9 Å². The topological polar surface area (TPSA) is 102 Å². The van der Waals surface area contributed by atoms with Crippen molar-refractivity contribution in [2.45, 2.75) is 76.7 Å². The van der Waals surface area contributed by atoms with Crippen LogP contribution < -0.4 is 0 Å². The number of cyclic esters (lactones) is 1. The van der Waals surface area contributed by atoms with Crippen LogP contribution in [0.25, 0.3) is 0 Å². The van der Waals surface area contributed by atoms with E-state index in [9.17, 15) is 19.5 Å². The van der Waals surface area contributed by atoms with Crippen molar-refractivity contribution in [1.29, 1.82) is 0 Å². The van der Waals surface area contributed by atoms with E-state index in [-0.39, 0.29) is 36.2 Å². The number of rotatable bonds is 3. The second-order valence-electron chi connectivity index (χ2n) is 9.47. The highest BCUT2D eigenvalue weighted by atomic mass is 16.6. The summed E-state index contributed by atoms with van der Waals surface area (Å²) in [5.41, 5.74) is -1.44. The summed E-state index contributed by atoms with van der Waals surface area (Å²) in [6.45, 7) is 5.97. The van der Waals surface area contributed by atoms with E-state index in [1.54, 1.807) is 18.9 Å². The normalized spacial score (nSPS) is 43.1. The average molecular weight is 436 g/mol. The molecule has 3 fully saturated rings. The number of methoxy groups -OCH3 is 1. The van der Waals surface area contributed by atoms with Crippen LogP contribution in [0.3, 0.4) is 0 Å². The minimum Gasteiger partial charge on any atom is -0.501 e. The van der Waals surface area contributed by atoms with Crippen LogP contribution >= 0.6 is 0 Å². The molecular weight excluding hydrogens is 402 g/mol. The maximum absolute atomic E-state index is 13.8. The molecule has 2 bridgehead atoms. The third kappa shape index (κ3) is 3.34. The molecule has 0 unspecified atom stereocenters. The molecule has 31 heavy (non-hydrogen) atoms. The van der Waals surface area contributed by atoms with E-state index in [2.05, 4.69) is 0 Å². The first-order valence-electron chi connectivity index (χ1n) is 11.4. The third-order valence-electron chi connectivity index (χ3n) is 7.72. The van der Waals surface area contributed by atoms with Crippen molar-refractivity contribution in [1.82, 2.24) is 4.90 Å². The van der Waals surface area contributed by atoms with Gasteiger partial charge in [0.25, 0.3) is 5.91 Å². The standard InChI is InChI=1S/C23H33NO7/c1-5-14-16(29-4)8-6-7-9-24-15(17-10-12(2)20(26)30-17)11-23(22(24)28)18(19(14)25)13(3)21(27)31-23/h8,12-15,17-19,25H,5-7,9-11H2,1-4H3/t12-,13-,14+,15-,17-,18-,19-,23-/m1/s1. The zero-order valence-corrected chi connectivity index (χ0v) is 18.7. The zero-order chi connectivity index (χ0) is 22.5. The molecular formula is C23H33NO7. The molecule has 0 aliphatic carbocycles. The van der Waals surface area contributed by atoms with Crippen LogP contribution in [0.15, 0.2) is 11.8 Å². The van der Waals surface area contributed by atoms with Gasteiger partial charge in [0.05, 0.1) is 36.9 Å². The van der Waals surface area contributed by atoms with Crippen molar-refractivity contribution in [3.63, 3.8) is 0 Å². The van der Waals surface area contributed by atoms with E-state index in [1.807, 2.05) is 19.9 Å². The van der Waals surface area contributed by atoms with E-state index in [0.29, 0.717) is 38.0 Å². The molecule has 0 aromatic carbocycles. The minimum absolute atomic E-state index is 0.222. The van der Waals surface area contributed by atoms with Gasteiger partial charge in [-0.25, -0.2) is 0 Å². The maximum Gasteiger partial charge on any atom is 0.310 e. The van der Waals surface area contributed by atoms with E-state index in [0.717, 1.165) is 0 Å². The molecule has 1 N–H and O–H groups in total. The zero-order valence-electron chi connectivity index (χ0n) is 18.7. The van der Waals surface area contributed by atoms with Gasteiger partial charge in [-0.05, 0) is 31.8 Å². The minimum atomic E-state index is -1.44. The van der Waals surface area contributed by atoms with Crippen molar-refractivity contribution in [3.05, 3.63) is 11.8 Å². The molecule has 1 spiro atoms. The van der Waals surface area contributed by atoms with Crippen molar-refractivity contribution >= 4 is 17.8 Å². The van der Waals surface area contributed by atoms with Crippen LogP contribution in [0.2, 0.25) is 0 Å². The Labute approximate surface area is 182 Å². The Morgan fingerprint density at radius 2 is 2.00 bits per heavy atom. The molecule has 4 aliphatic rings. The summed E-state index contributed by atoms with van der Waals surface area (Å²) < 4.78 is 17.0. The second kappa shape index (κ2) is 8.11. The molecule has 172 valence electrons. The van der Waals surface area contributed by atoms with Crippen molar-refractivity contribution in [2.24, 2.45) is 23.7 Å². The number of ether oxygens (including phenoxy) is 3. The molecule has 4 rings (SSSR count). The van der Waals surface area contributed by atoms with Crippen molar-refractivity contribution < 1.29 is 33.7 Å². The average Bonchev–Trinajstić information content (AvgIpc) is 3.29. The van der Waals surface area contributed by atoms with Gasteiger partial charge < -0.3 is 24.2 Å². The smallest absolute Gasteiger partial charge is 0.310 e. The fourth-order valence-electron chi connectivity index (χ4n) is 6.07. The van der Waals surface area contributed by atoms with Gasteiger partial charge in [-0.3, -0.25) is 14.4 Å². The molecule has 8 nitrogen and oxygen atoms in total. The van der Waals surface area contributed by atoms with Crippen LogP contribution in [0, 0.1) is 23.7 Å². The lowest BCUT2D eigenvalue weighted by atomic mass is 9.71. The second-order valence-corrected chi connectivity index (χ2v) is 9.47. The van der Waals surface area contributed by atoms with E-state index >= 15 is 0 Å². The molecule has 8 atom stereocenters. The lowest BCUT2D eigenvalue weighted by molar-refractivity contribution is -0.163. The van der Waals surface area contributed by atoms with Crippen LogP contribution in [0.4, 0.5) is 0 Å². The monoisotopic (exact) mass is 435 g/mol. The Bertz CT molecular complexity index is 795. The molecule has 1 amide bonds. The van der Waals surface area contributed by atoms with Gasteiger partial charge in [0.2, 0.25) is 0 Å². The predicted molar refractivity (Wildman–Crippen MR) is 109 cm³/mol. The fraction of sp³-hybridized carbons (Fsp3) is 0.783. The summed E-state index contributed by atoms with van der Waals surface area (Å²) in [7, 11) is 1.59. The number of allylic oxidation sites excluding steroid dienone is 1. The lowest BCUT2D eigenvalue weighted by Crippen LogP contribution is -2.51. The first-order chi connectivity index (χ1) is 14.7. The summed E-state index contributed by atoms with van der Waals surface area (Å²) in [6.07, 6.45) is 3.33. The van der Waals surface area contributed by atoms with Gasteiger partial charge in [0, 0.05) is 24.8 Å². The van der Waals surface area contributed by atoms with Crippen molar-refractivity contribution in [3.8, 4) is 0 Å². The van der Waals surface area contributed by atoms with E-state index < -0.39 is 35.6 Å². The fourth-order valence-corrected chi connectivity index (χ4v) is 6.07. The first-order valence-corrected chi connectivity index (χ1v) is 11.4. The Morgan fingerprint density at radius 1 is 1.26 bits per heavy atom. The number of aliphatic hydroxyl groups excluding tert-OH is 1. The number of aliphatic hydroxyl groups is 1. The number of amides is 1. The third-order valence-corrected chi connectivity index (χ3v) is 7.72. The number of hydrogen-bond acceptors (Lipinski definition) is 7. The molecule has 0 aromatic rings. The molecule has 0 radical (unpaired) electrons. The summed E-state index contributed by atoms with van der Waals surface area (Å²) >= 11 is 0. The Morgan fingerprint density at radius 3 is 2.61 bits per heavy atom. The van der Waals surface area contributed by atoms with Gasteiger partial charge in [-0.15, -0.1) is 0 Å². The summed E-state index contributed by atoms with van der Waals surface area (Å²) in [4.78, 5) is 40.3. The summed E-state index contributed by atoms with van der Waals surface area (Å²) in [5, 5.41) is 11.5. The van der Waals surface area contributed by atoms with Crippen LogP contribution in [0.1, 0.15) is 52.9 Å².